The second-order valence-corrected chi connectivity index (χ2v) is 5.49. The highest BCUT2D eigenvalue weighted by molar-refractivity contribution is 5.85. The Kier molecular flexibility index (Phi) is 3.36. The van der Waals surface area contributed by atoms with Crippen LogP contribution in [-0.2, 0) is 11.3 Å². The Morgan fingerprint density at radius 3 is 2.82 bits per heavy atom. The summed E-state index contributed by atoms with van der Waals surface area (Å²) in [7, 11) is 0. The van der Waals surface area contributed by atoms with Gasteiger partial charge in [-0.2, -0.15) is 8.78 Å². The van der Waals surface area contributed by atoms with Crippen LogP contribution in [0.2, 0.25) is 0 Å². The van der Waals surface area contributed by atoms with Crippen molar-refractivity contribution in [1.82, 2.24) is 15.3 Å². The maximum atomic E-state index is 13.9. The molecule has 0 spiro atoms. The molecule has 3 N–H and O–H groups in total. The fourth-order valence-electron chi connectivity index (χ4n) is 2.43. The molecule has 0 atom stereocenters. The first kappa shape index (κ1) is 14.8. The van der Waals surface area contributed by atoms with Gasteiger partial charge in [0.15, 0.2) is 0 Å². The number of hydrogen-bond acceptors (Lipinski definition) is 3. The molecule has 0 aliphatic heterocycles. The number of carbonyl (C=O) groups excluding carboxylic acids is 1. The van der Waals surface area contributed by atoms with Gasteiger partial charge in [-0.1, -0.05) is 0 Å². The van der Waals surface area contributed by atoms with Crippen LogP contribution >= 0.6 is 0 Å². The van der Waals surface area contributed by atoms with Gasteiger partial charge >= 0.3 is 5.92 Å². The molecule has 1 saturated carbocycles. The number of imidazole rings is 1. The van der Waals surface area contributed by atoms with Crippen LogP contribution in [0.15, 0.2) is 18.2 Å². The van der Waals surface area contributed by atoms with Gasteiger partial charge in [0.05, 0.1) is 17.6 Å². The lowest BCUT2D eigenvalue weighted by atomic mass is 9.75. The van der Waals surface area contributed by atoms with Gasteiger partial charge in [0.2, 0.25) is 0 Å². The highest BCUT2D eigenvalue weighted by Crippen LogP contribution is 2.44. The van der Waals surface area contributed by atoms with Crippen molar-refractivity contribution in [3.8, 4) is 0 Å². The van der Waals surface area contributed by atoms with Crippen molar-refractivity contribution in [2.45, 2.75) is 37.3 Å². The van der Waals surface area contributed by atoms with E-state index >= 15 is 0 Å². The molecule has 8 heteroatoms. The number of halogens is 3. The van der Waals surface area contributed by atoms with Gasteiger partial charge in [0.25, 0.3) is 5.91 Å². The third-order valence-electron chi connectivity index (χ3n) is 3.96. The summed E-state index contributed by atoms with van der Waals surface area (Å²) in [6.07, 6.45) is 0.267. The Morgan fingerprint density at radius 1 is 1.45 bits per heavy atom. The second-order valence-electron chi connectivity index (χ2n) is 5.49. The molecule has 3 rings (SSSR count). The van der Waals surface area contributed by atoms with Crippen LogP contribution in [0.5, 0.6) is 0 Å². The molecule has 5 nitrogen and oxygen atoms in total. The maximum Gasteiger partial charge on any atom is 0.352 e. The van der Waals surface area contributed by atoms with E-state index in [0.29, 0.717) is 17.5 Å². The minimum Gasteiger partial charge on any atom is -0.383 e. The molecule has 0 radical (unpaired) electrons. The molecule has 1 amide bonds. The number of fused-ring (bicyclic) bond motifs is 1. The van der Waals surface area contributed by atoms with Crippen molar-refractivity contribution in [2.75, 3.05) is 0 Å². The molecular weight excluding hydrogens is 299 g/mol. The summed E-state index contributed by atoms with van der Waals surface area (Å²) in [4.78, 5) is 18.4. The lowest BCUT2D eigenvalue weighted by molar-refractivity contribution is -0.216. The van der Waals surface area contributed by atoms with E-state index in [4.69, 9.17) is 0 Å². The van der Waals surface area contributed by atoms with E-state index in [1.807, 2.05) is 0 Å². The number of alkyl halides is 2. The monoisotopic (exact) mass is 313 g/mol. The van der Waals surface area contributed by atoms with Crippen molar-refractivity contribution in [1.29, 1.82) is 0 Å². The fraction of sp³-hybridized carbons (Fsp3) is 0.429. The highest BCUT2D eigenvalue weighted by atomic mass is 19.3. The molecule has 0 saturated heterocycles. The van der Waals surface area contributed by atoms with Crippen LogP contribution in [0.4, 0.5) is 13.2 Å². The molecule has 1 aromatic carbocycles. The first-order chi connectivity index (χ1) is 10.3. The Morgan fingerprint density at radius 2 is 2.18 bits per heavy atom. The number of hydrogen-bond donors (Lipinski definition) is 3. The summed E-state index contributed by atoms with van der Waals surface area (Å²) in [5.74, 6) is -5.61. The molecule has 118 valence electrons. The third kappa shape index (κ3) is 2.33. The smallest absolute Gasteiger partial charge is 0.352 e. The van der Waals surface area contributed by atoms with Gasteiger partial charge in [-0.15, -0.1) is 0 Å². The first-order valence-electron chi connectivity index (χ1n) is 6.84. The average molecular weight is 313 g/mol. The minimum atomic E-state index is -3.84. The van der Waals surface area contributed by atoms with E-state index in [1.54, 1.807) is 0 Å². The number of aromatic amines is 1. The number of nitrogens with zero attached hydrogens (tertiary/aromatic N) is 1. The largest absolute Gasteiger partial charge is 0.383 e. The van der Waals surface area contributed by atoms with E-state index in [0.717, 1.165) is 0 Å². The molecule has 0 unspecified atom stereocenters. The summed E-state index contributed by atoms with van der Waals surface area (Å²) >= 11 is 0. The van der Waals surface area contributed by atoms with E-state index < -0.39 is 23.2 Å². The topological polar surface area (TPSA) is 78.0 Å². The number of aromatic nitrogens is 2. The third-order valence-corrected chi connectivity index (χ3v) is 3.96. The highest BCUT2D eigenvalue weighted by Gasteiger charge is 2.61. The Bertz CT molecular complexity index is 725. The molecule has 1 aromatic heterocycles. The van der Waals surface area contributed by atoms with E-state index in [1.165, 1.54) is 18.2 Å². The van der Waals surface area contributed by atoms with Gasteiger partial charge in [-0.05, 0) is 37.5 Å². The number of benzene rings is 1. The summed E-state index contributed by atoms with van der Waals surface area (Å²) in [6, 6.07) is 3.89. The zero-order chi connectivity index (χ0) is 16.0. The van der Waals surface area contributed by atoms with Crippen molar-refractivity contribution in [2.24, 2.45) is 0 Å². The first-order valence-corrected chi connectivity index (χ1v) is 6.84. The molecular formula is C14H14F3N3O2. The van der Waals surface area contributed by atoms with Crippen molar-refractivity contribution in [3.63, 3.8) is 0 Å². The Labute approximate surface area is 123 Å². The van der Waals surface area contributed by atoms with Gasteiger partial charge in [0.1, 0.15) is 17.2 Å². The molecule has 2 aromatic rings. The number of carbonyl (C=O) groups is 1. The van der Waals surface area contributed by atoms with Crippen LogP contribution in [0.1, 0.15) is 25.1 Å². The summed E-state index contributed by atoms with van der Waals surface area (Å²) in [5, 5.41) is 11.7. The number of rotatable bonds is 4. The standard InChI is InChI=1S/C14H14F3N3O2/c15-8-2-3-9-10(6-8)20-11(19-9)7-18-12(21)14(16,17)13(22)4-1-5-13/h2-3,6,22H,1,4-5,7H2,(H,18,21)(H,19,20). The zero-order valence-corrected chi connectivity index (χ0v) is 11.5. The van der Waals surface area contributed by atoms with E-state index in [2.05, 4.69) is 15.3 Å². The minimum absolute atomic E-state index is 0.0999. The van der Waals surface area contributed by atoms with Crippen molar-refractivity contribution >= 4 is 16.9 Å². The van der Waals surface area contributed by atoms with Gasteiger partial charge in [-0.25, -0.2) is 9.37 Å². The number of amides is 1. The van der Waals surface area contributed by atoms with E-state index in [9.17, 15) is 23.1 Å². The molecule has 22 heavy (non-hydrogen) atoms. The lowest BCUT2D eigenvalue weighted by Crippen LogP contribution is -2.60. The van der Waals surface area contributed by atoms with Gasteiger partial charge < -0.3 is 15.4 Å². The fourth-order valence-corrected chi connectivity index (χ4v) is 2.43. The van der Waals surface area contributed by atoms with Crippen LogP contribution in [0.3, 0.4) is 0 Å². The Hall–Kier alpha value is -2.09. The predicted octanol–water partition coefficient (Wildman–Crippen LogP) is 1.87. The number of aliphatic hydroxyl groups is 1. The van der Waals surface area contributed by atoms with Crippen LogP contribution in [-0.4, -0.2) is 32.5 Å². The van der Waals surface area contributed by atoms with E-state index in [-0.39, 0.29) is 25.2 Å². The number of nitrogens with one attached hydrogen (secondary N) is 2. The van der Waals surface area contributed by atoms with Crippen LogP contribution in [0, 0.1) is 5.82 Å². The predicted molar refractivity (Wildman–Crippen MR) is 71.6 cm³/mol. The normalized spacial score (nSPS) is 17.3. The molecule has 1 fully saturated rings. The quantitative estimate of drug-likeness (QED) is 0.806. The zero-order valence-electron chi connectivity index (χ0n) is 11.5. The Balaban J connectivity index is 1.69. The second kappa shape index (κ2) is 4.98. The van der Waals surface area contributed by atoms with Crippen molar-refractivity contribution < 1.29 is 23.1 Å². The molecule has 1 aliphatic carbocycles. The maximum absolute atomic E-state index is 13.9. The lowest BCUT2D eigenvalue weighted by Gasteiger charge is -2.41. The molecule has 1 aliphatic rings. The van der Waals surface area contributed by atoms with Crippen LogP contribution < -0.4 is 5.32 Å². The molecule has 0 bridgehead atoms. The molecule has 1 heterocycles. The average Bonchev–Trinajstić information content (AvgIpc) is 2.83. The van der Waals surface area contributed by atoms with Gasteiger partial charge in [0, 0.05) is 0 Å². The summed E-state index contributed by atoms with van der Waals surface area (Å²) < 4.78 is 40.8. The van der Waals surface area contributed by atoms with Gasteiger partial charge in [-0.3, -0.25) is 4.79 Å². The van der Waals surface area contributed by atoms with Crippen LogP contribution in [0.25, 0.3) is 11.0 Å². The summed E-state index contributed by atoms with van der Waals surface area (Å²) in [5.41, 5.74) is -1.38. The summed E-state index contributed by atoms with van der Waals surface area (Å²) in [6.45, 7) is -0.263. The SMILES string of the molecule is O=C(NCc1nc2ccc(F)cc2[nH]1)C(F)(F)C1(O)CCC1. The van der Waals surface area contributed by atoms with Crippen molar-refractivity contribution in [3.05, 3.63) is 29.8 Å². The number of H-pyrrole nitrogens is 1.